The third-order valence-corrected chi connectivity index (χ3v) is 7.26. The number of hydrogen-bond donors (Lipinski definition) is 1. The van der Waals surface area contributed by atoms with Crippen molar-refractivity contribution < 1.29 is 17.9 Å². The predicted molar refractivity (Wildman–Crippen MR) is 114 cm³/mol. The van der Waals surface area contributed by atoms with Gasteiger partial charge in [0.1, 0.15) is 6.10 Å². The Morgan fingerprint density at radius 1 is 1.21 bits per heavy atom. The van der Waals surface area contributed by atoms with Crippen molar-refractivity contribution in [3.05, 3.63) is 30.3 Å². The van der Waals surface area contributed by atoms with Crippen molar-refractivity contribution in [3.63, 3.8) is 0 Å². The van der Waals surface area contributed by atoms with E-state index in [2.05, 4.69) is 15.2 Å². The minimum Gasteiger partial charge on any atom is -0.375 e. The van der Waals surface area contributed by atoms with Gasteiger partial charge in [-0.3, -0.25) is 4.99 Å². The highest BCUT2D eigenvalue weighted by atomic mass is 32.2. The number of hydrogen-bond acceptors (Lipinski definition) is 5. The Bertz CT molecular complexity index is 763. The lowest BCUT2D eigenvalue weighted by atomic mass is 10.1. The van der Waals surface area contributed by atoms with Crippen LogP contribution in [0.5, 0.6) is 0 Å². The summed E-state index contributed by atoms with van der Waals surface area (Å²) in [4.78, 5) is 7.18. The molecular formula is C21H33N3O4S. The van der Waals surface area contributed by atoms with Crippen LogP contribution in [-0.2, 0) is 19.3 Å². The molecule has 2 heterocycles. The van der Waals surface area contributed by atoms with E-state index in [9.17, 15) is 8.42 Å². The van der Waals surface area contributed by atoms with E-state index in [1.807, 2.05) is 19.9 Å². The highest BCUT2D eigenvalue weighted by Gasteiger charge is 2.33. The van der Waals surface area contributed by atoms with Crippen molar-refractivity contribution in [2.75, 3.05) is 38.6 Å². The van der Waals surface area contributed by atoms with Crippen molar-refractivity contribution in [1.29, 1.82) is 0 Å². The van der Waals surface area contributed by atoms with E-state index >= 15 is 0 Å². The molecule has 7 nitrogen and oxygen atoms in total. The molecule has 8 heteroatoms. The molecule has 2 aliphatic rings. The molecule has 29 heavy (non-hydrogen) atoms. The molecular weight excluding hydrogens is 390 g/mol. The molecule has 1 N–H and O–H groups in total. The second-order valence-electron chi connectivity index (χ2n) is 7.55. The zero-order valence-electron chi connectivity index (χ0n) is 17.4. The molecule has 0 spiro atoms. The van der Waals surface area contributed by atoms with Gasteiger partial charge in [-0.1, -0.05) is 25.1 Å². The van der Waals surface area contributed by atoms with Gasteiger partial charge in [0, 0.05) is 32.3 Å². The van der Waals surface area contributed by atoms with E-state index in [1.165, 1.54) is 0 Å². The summed E-state index contributed by atoms with van der Waals surface area (Å²) in [6.45, 7) is 7.47. The first-order valence-corrected chi connectivity index (χ1v) is 12.3. The van der Waals surface area contributed by atoms with E-state index in [-0.39, 0.29) is 24.0 Å². The summed E-state index contributed by atoms with van der Waals surface area (Å²) in [6, 6.07) is 8.42. The molecule has 3 rings (SSSR count). The van der Waals surface area contributed by atoms with Gasteiger partial charge in [0.05, 0.1) is 23.4 Å². The maximum Gasteiger partial charge on any atom is 0.194 e. The Hall–Kier alpha value is -1.64. The quantitative estimate of drug-likeness (QED) is 0.534. The standard InChI is InChI=1S/C21H33N3O4S/c1-3-17(16-29(25,26)18-9-6-5-7-10-18)23-21(22-4-2)24-12-14-28-20(15-24)19-11-8-13-27-19/h5-7,9-10,17,19-20H,3-4,8,11-16H2,1-2H3,(H,22,23). The number of guanidine groups is 1. The lowest BCUT2D eigenvalue weighted by Gasteiger charge is -2.38. The smallest absolute Gasteiger partial charge is 0.194 e. The predicted octanol–water partition coefficient (Wildman–Crippen LogP) is 2.08. The summed E-state index contributed by atoms with van der Waals surface area (Å²) in [7, 11) is -3.37. The first-order valence-electron chi connectivity index (χ1n) is 10.6. The van der Waals surface area contributed by atoms with Crippen LogP contribution in [0.2, 0.25) is 0 Å². The van der Waals surface area contributed by atoms with Crippen LogP contribution >= 0.6 is 0 Å². The molecule has 3 unspecified atom stereocenters. The molecule has 2 saturated heterocycles. The average Bonchev–Trinajstić information content (AvgIpc) is 3.28. The molecule has 0 bridgehead atoms. The summed E-state index contributed by atoms with van der Waals surface area (Å²) >= 11 is 0. The molecule has 0 aliphatic carbocycles. The molecule has 0 aromatic heterocycles. The molecule has 2 aliphatic heterocycles. The Kier molecular flexibility index (Phi) is 7.91. The second-order valence-corrected chi connectivity index (χ2v) is 9.58. The van der Waals surface area contributed by atoms with Crippen LogP contribution in [0.15, 0.2) is 40.2 Å². The van der Waals surface area contributed by atoms with E-state index in [4.69, 9.17) is 9.47 Å². The van der Waals surface area contributed by atoms with Gasteiger partial charge in [-0.15, -0.1) is 0 Å². The maximum absolute atomic E-state index is 12.8. The van der Waals surface area contributed by atoms with Gasteiger partial charge in [-0.2, -0.15) is 0 Å². The topological polar surface area (TPSA) is 80.2 Å². The van der Waals surface area contributed by atoms with Crippen LogP contribution in [0.4, 0.5) is 0 Å². The Balaban J connectivity index is 1.67. The fraction of sp³-hybridized carbons (Fsp3) is 0.667. The fourth-order valence-corrected chi connectivity index (χ4v) is 5.42. The minimum absolute atomic E-state index is 0.0308. The Labute approximate surface area is 174 Å². The maximum atomic E-state index is 12.8. The molecule has 1 aromatic carbocycles. The van der Waals surface area contributed by atoms with Crippen molar-refractivity contribution >= 4 is 15.8 Å². The average molecular weight is 424 g/mol. The summed E-state index contributed by atoms with van der Waals surface area (Å²) in [5.41, 5.74) is 0. The Morgan fingerprint density at radius 3 is 2.62 bits per heavy atom. The molecule has 3 atom stereocenters. The normalized spacial score (nSPS) is 24.5. The molecule has 162 valence electrons. The zero-order chi connectivity index (χ0) is 20.7. The zero-order valence-corrected chi connectivity index (χ0v) is 18.2. The SMILES string of the molecule is CCN=C(NC(CC)CS(=O)(=O)c1ccccc1)N1CCOC(C2CCCO2)C1. The monoisotopic (exact) mass is 423 g/mol. The van der Waals surface area contributed by atoms with E-state index < -0.39 is 9.84 Å². The van der Waals surface area contributed by atoms with Gasteiger partial charge in [-0.05, 0) is 38.3 Å². The number of sulfone groups is 1. The number of benzene rings is 1. The van der Waals surface area contributed by atoms with Gasteiger partial charge < -0.3 is 19.7 Å². The first kappa shape index (κ1) is 22.1. The Morgan fingerprint density at radius 2 is 1.97 bits per heavy atom. The molecule has 0 amide bonds. The number of morpholine rings is 1. The van der Waals surface area contributed by atoms with Crippen LogP contribution in [0, 0.1) is 0 Å². The number of aliphatic imine (C=N–C) groups is 1. The van der Waals surface area contributed by atoms with Crippen LogP contribution in [0.25, 0.3) is 0 Å². The molecule has 2 fully saturated rings. The molecule has 0 saturated carbocycles. The lowest BCUT2D eigenvalue weighted by molar-refractivity contribution is -0.0817. The molecule has 1 aromatic rings. The third kappa shape index (κ3) is 5.93. The lowest BCUT2D eigenvalue weighted by Crippen LogP contribution is -2.55. The van der Waals surface area contributed by atoms with Crippen molar-refractivity contribution in [3.8, 4) is 0 Å². The second kappa shape index (κ2) is 10.4. The first-order chi connectivity index (χ1) is 14.0. The fourth-order valence-electron chi connectivity index (χ4n) is 3.81. The highest BCUT2D eigenvalue weighted by molar-refractivity contribution is 7.91. The van der Waals surface area contributed by atoms with Crippen LogP contribution in [0.1, 0.15) is 33.1 Å². The van der Waals surface area contributed by atoms with Crippen LogP contribution in [0.3, 0.4) is 0 Å². The van der Waals surface area contributed by atoms with Crippen molar-refractivity contribution in [2.45, 2.75) is 56.3 Å². The summed E-state index contributed by atoms with van der Waals surface area (Å²) in [5.74, 6) is 0.796. The largest absolute Gasteiger partial charge is 0.375 e. The van der Waals surface area contributed by atoms with Gasteiger partial charge >= 0.3 is 0 Å². The summed E-state index contributed by atoms with van der Waals surface area (Å²) in [6.07, 6.45) is 2.96. The number of rotatable bonds is 7. The molecule has 0 radical (unpaired) electrons. The van der Waals surface area contributed by atoms with Crippen molar-refractivity contribution in [1.82, 2.24) is 10.2 Å². The van der Waals surface area contributed by atoms with Crippen molar-refractivity contribution in [2.24, 2.45) is 4.99 Å². The third-order valence-electron chi connectivity index (χ3n) is 5.43. The summed E-state index contributed by atoms with van der Waals surface area (Å²) in [5, 5.41) is 3.41. The number of ether oxygens (including phenoxy) is 2. The summed E-state index contributed by atoms with van der Waals surface area (Å²) < 4.78 is 37.4. The van der Waals surface area contributed by atoms with Crippen LogP contribution in [-0.4, -0.2) is 76.1 Å². The van der Waals surface area contributed by atoms with Gasteiger partial charge in [0.15, 0.2) is 15.8 Å². The van der Waals surface area contributed by atoms with Crippen LogP contribution < -0.4 is 5.32 Å². The van der Waals surface area contributed by atoms with E-state index in [1.54, 1.807) is 24.3 Å². The van der Waals surface area contributed by atoms with Gasteiger partial charge in [-0.25, -0.2) is 8.42 Å². The van der Waals surface area contributed by atoms with E-state index in [0.717, 1.165) is 32.0 Å². The number of nitrogens with one attached hydrogen (secondary N) is 1. The van der Waals surface area contributed by atoms with Gasteiger partial charge in [0.2, 0.25) is 0 Å². The van der Waals surface area contributed by atoms with Gasteiger partial charge in [0.25, 0.3) is 0 Å². The number of nitrogens with zero attached hydrogens (tertiary/aromatic N) is 2. The van der Waals surface area contributed by atoms with E-state index in [0.29, 0.717) is 31.0 Å². The minimum atomic E-state index is -3.37. The highest BCUT2D eigenvalue weighted by Crippen LogP contribution is 2.21.